The normalized spacial score (nSPS) is 17.3. The number of methoxy groups -OCH3 is 4. The Kier molecular flexibility index (Phi) is 6.93. The number of rotatable bonds is 7. The van der Waals surface area contributed by atoms with Gasteiger partial charge in [0.1, 0.15) is 6.17 Å². The first-order valence-corrected chi connectivity index (χ1v) is 11.0. The van der Waals surface area contributed by atoms with Gasteiger partial charge in [0.2, 0.25) is 5.75 Å². The van der Waals surface area contributed by atoms with E-state index < -0.39 is 0 Å². The van der Waals surface area contributed by atoms with Gasteiger partial charge in [-0.1, -0.05) is 48.0 Å². The van der Waals surface area contributed by atoms with E-state index in [0.29, 0.717) is 17.2 Å². The third-order valence-electron chi connectivity index (χ3n) is 6.11. The van der Waals surface area contributed by atoms with E-state index in [1.165, 1.54) is 7.11 Å². The minimum absolute atomic E-state index is 0.0811. The summed E-state index contributed by atoms with van der Waals surface area (Å²) in [6, 6.07) is 20.1. The van der Waals surface area contributed by atoms with E-state index in [9.17, 15) is 4.79 Å². The predicted octanol–water partition coefficient (Wildman–Crippen LogP) is 4.71. The fourth-order valence-electron chi connectivity index (χ4n) is 4.53. The number of nitrogens with zero attached hydrogens (tertiary/aromatic N) is 1. The monoisotopic (exact) mass is 462 g/mol. The maximum absolute atomic E-state index is 12.6. The molecule has 7 nitrogen and oxygen atoms in total. The van der Waals surface area contributed by atoms with E-state index >= 15 is 0 Å². The van der Waals surface area contributed by atoms with Crippen molar-refractivity contribution in [1.82, 2.24) is 4.90 Å². The standard InChI is InChI=1S/C27H30N2O5/c1-17-11-12-21-20(13-17)25(18-9-7-6-8-10-18)29(16-24(30)33-4)27(28-21)19-14-22(31-2)26(34-5)23(15-19)32-3/h6-15,25,27-28H,16H2,1-5H3/t25-,27-/m1/s1. The topological polar surface area (TPSA) is 69.3 Å². The summed E-state index contributed by atoms with van der Waals surface area (Å²) in [5.41, 5.74) is 5.19. The molecule has 0 amide bonds. The number of anilines is 1. The lowest BCUT2D eigenvalue weighted by Gasteiger charge is -2.44. The molecule has 0 fully saturated rings. The number of nitrogens with one attached hydrogen (secondary N) is 1. The molecular formula is C27H30N2O5. The molecule has 178 valence electrons. The van der Waals surface area contributed by atoms with Crippen molar-refractivity contribution >= 4 is 11.7 Å². The zero-order valence-electron chi connectivity index (χ0n) is 20.1. The summed E-state index contributed by atoms with van der Waals surface area (Å²) in [5.74, 6) is 1.28. The van der Waals surface area contributed by atoms with E-state index in [1.807, 2.05) is 30.3 Å². The van der Waals surface area contributed by atoms with Gasteiger partial charge in [-0.2, -0.15) is 0 Å². The van der Waals surface area contributed by atoms with Crippen molar-refractivity contribution in [3.63, 3.8) is 0 Å². The Morgan fingerprint density at radius 2 is 1.56 bits per heavy atom. The molecule has 0 radical (unpaired) electrons. The number of hydrogen-bond donors (Lipinski definition) is 1. The summed E-state index contributed by atoms with van der Waals surface area (Å²) in [7, 11) is 6.16. The summed E-state index contributed by atoms with van der Waals surface area (Å²) >= 11 is 0. The highest BCUT2D eigenvalue weighted by atomic mass is 16.5. The van der Waals surface area contributed by atoms with Gasteiger partial charge in [-0.15, -0.1) is 0 Å². The highest BCUT2D eigenvalue weighted by molar-refractivity contribution is 5.72. The van der Waals surface area contributed by atoms with Crippen molar-refractivity contribution in [3.8, 4) is 17.2 Å². The molecule has 1 N–H and O–H groups in total. The van der Waals surface area contributed by atoms with Gasteiger partial charge >= 0.3 is 5.97 Å². The Labute approximate surface area is 200 Å². The smallest absolute Gasteiger partial charge is 0.319 e. The molecule has 0 unspecified atom stereocenters. The molecule has 4 rings (SSSR count). The fourth-order valence-corrected chi connectivity index (χ4v) is 4.53. The molecule has 34 heavy (non-hydrogen) atoms. The van der Waals surface area contributed by atoms with Gasteiger partial charge < -0.3 is 24.3 Å². The van der Waals surface area contributed by atoms with Crippen molar-refractivity contribution in [2.24, 2.45) is 0 Å². The van der Waals surface area contributed by atoms with Crippen molar-refractivity contribution in [2.45, 2.75) is 19.1 Å². The van der Waals surface area contributed by atoms with Crippen LogP contribution in [0.2, 0.25) is 0 Å². The van der Waals surface area contributed by atoms with Crippen molar-refractivity contribution in [2.75, 3.05) is 40.3 Å². The second-order valence-electron chi connectivity index (χ2n) is 8.16. The van der Waals surface area contributed by atoms with Gasteiger partial charge in [0.15, 0.2) is 11.5 Å². The van der Waals surface area contributed by atoms with E-state index in [-0.39, 0.29) is 24.7 Å². The number of fused-ring (bicyclic) bond motifs is 1. The number of esters is 1. The summed E-state index contributed by atoms with van der Waals surface area (Å²) in [4.78, 5) is 14.7. The second kappa shape index (κ2) is 10.1. The van der Waals surface area contributed by atoms with Crippen LogP contribution in [0.25, 0.3) is 0 Å². The van der Waals surface area contributed by atoms with Crippen LogP contribution >= 0.6 is 0 Å². The number of carbonyl (C=O) groups is 1. The van der Waals surface area contributed by atoms with Crippen LogP contribution in [0.5, 0.6) is 17.2 Å². The molecule has 7 heteroatoms. The van der Waals surface area contributed by atoms with Gasteiger partial charge in [0, 0.05) is 5.69 Å². The molecule has 0 spiro atoms. The first-order chi connectivity index (χ1) is 16.5. The predicted molar refractivity (Wildman–Crippen MR) is 131 cm³/mol. The minimum atomic E-state index is -0.367. The quantitative estimate of drug-likeness (QED) is 0.510. The second-order valence-corrected chi connectivity index (χ2v) is 8.16. The number of benzene rings is 3. The molecular weight excluding hydrogens is 432 g/mol. The van der Waals surface area contributed by atoms with E-state index in [2.05, 4.69) is 47.5 Å². The van der Waals surface area contributed by atoms with Crippen LogP contribution in [-0.4, -0.2) is 45.9 Å². The fraction of sp³-hybridized carbons (Fsp3) is 0.296. The van der Waals surface area contributed by atoms with Crippen molar-refractivity contribution in [1.29, 1.82) is 0 Å². The minimum Gasteiger partial charge on any atom is -0.493 e. The molecule has 0 saturated heterocycles. The van der Waals surface area contributed by atoms with Crippen LogP contribution in [-0.2, 0) is 9.53 Å². The molecule has 0 bridgehead atoms. The first-order valence-electron chi connectivity index (χ1n) is 11.0. The molecule has 3 aromatic carbocycles. The largest absolute Gasteiger partial charge is 0.493 e. The zero-order valence-corrected chi connectivity index (χ0v) is 20.1. The van der Waals surface area contributed by atoms with Crippen LogP contribution in [0.15, 0.2) is 60.7 Å². The van der Waals surface area contributed by atoms with Crippen molar-refractivity contribution < 1.29 is 23.7 Å². The van der Waals surface area contributed by atoms with E-state index in [1.54, 1.807) is 21.3 Å². The van der Waals surface area contributed by atoms with Crippen LogP contribution in [0.1, 0.15) is 34.5 Å². The lowest BCUT2D eigenvalue weighted by molar-refractivity contribution is -0.143. The molecule has 1 aliphatic heterocycles. The van der Waals surface area contributed by atoms with Crippen LogP contribution in [0, 0.1) is 6.92 Å². The summed E-state index contributed by atoms with van der Waals surface area (Å²) < 4.78 is 21.8. The summed E-state index contributed by atoms with van der Waals surface area (Å²) in [5, 5.41) is 3.63. The first kappa shape index (κ1) is 23.4. The number of ether oxygens (including phenoxy) is 4. The van der Waals surface area contributed by atoms with Gasteiger partial charge in [-0.05, 0) is 41.8 Å². The summed E-state index contributed by atoms with van der Waals surface area (Å²) in [6.07, 6.45) is -0.367. The third-order valence-corrected chi connectivity index (χ3v) is 6.11. The molecule has 2 atom stereocenters. The van der Waals surface area contributed by atoms with E-state index in [4.69, 9.17) is 18.9 Å². The summed E-state index contributed by atoms with van der Waals surface area (Å²) in [6.45, 7) is 2.15. The third kappa shape index (κ3) is 4.39. The maximum Gasteiger partial charge on any atom is 0.319 e. The van der Waals surface area contributed by atoms with Crippen LogP contribution in [0.4, 0.5) is 5.69 Å². The zero-order chi connectivity index (χ0) is 24.2. The lowest BCUT2D eigenvalue weighted by Crippen LogP contribution is -2.44. The average Bonchev–Trinajstić information content (AvgIpc) is 2.87. The van der Waals surface area contributed by atoms with Gasteiger partial charge in [0.25, 0.3) is 0 Å². The van der Waals surface area contributed by atoms with Crippen LogP contribution < -0.4 is 19.5 Å². The SMILES string of the molecule is COC(=O)CN1[C@H](c2ccccc2)c2cc(C)ccc2N[C@H]1c1cc(OC)c(OC)c(OC)c1. The number of aryl methyl sites for hydroxylation is 1. The maximum atomic E-state index is 12.6. The average molecular weight is 463 g/mol. The Bertz CT molecular complexity index is 1140. The number of hydrogen-bond acceptors (Lipinski definition) is 7. The molecule has 1 heterocycles. The Hall–Kier alpha value is -3.71. The Morgan fingerprint density at radius 1 is 0.882 bits per heavy atom. The molecule has 3 aromatic rings. The van der Waals surface area contributed by atoms with Gasteiger partial charge in [0.05, 0.1) is 41.0 Å². The number of carbonyl (C=O) groups excluding carboxylic acids is 1. The molecule has 0 aliphatic carbocycles. The Morgan fingerprint density at radius 3 is 2.15 bits per heavy atom. The van der Waals surface area contributed by atoms with Crippen molar-refractivity contribution in [3.05, 3.63) is 82.9 Å². The van der Waals surface area contributed by atoms with Gasteiger partial charge in [-0.3, -0.25) is 9.69 Å². The van der Waals surface area contributed by atoms with E-state index in [0.717, 1.165) is 27.9 Å². The van der Waals surface area contributed by atoms with Crippen LogP contribution in [0.3, 0.4) is 0 Å². The lowest BCUT2D eigenvalue weighted by atomic mass is 9.90. The molecule has 0 saturated carbocycles. The highest BCUT2D eigenvalue weighted by Gasteiger charge is 2.38. The highest BCUT2D eigenvalue weighted by Crippen LogP contribution is 2.47. The Balaban J connectivity index is 1.93. The molecule has 1 aliphatic rings. The van der Waals surface area contributed by atoms with Gasteiger partial charge in [-0.25, -0.2) is 0 Å². The molecule has 0 aromatic heterocycles.